The van der Waals surface area contributed by atoms with Crippen molar-refractivity contribution in [3.8, 4) is 11.5 Å². The molecule has 0 aliphatic carbocycles. The largest absolute Gasteiger partial charge is 0.491 e. The summed E-state index contributed by atoms with van der Waals surface area (Å²) in [5.41, 5.74) is 3.94. The molecular weight excluding hydrogens is 971 g/mol. The summed E-state index contributed by atoms with van der Waals surface area (Å²) < 4.78 is 63.5. The number of carbonyl (C=O) groups excluding carboxylic acids is 2. The number of sulfonamides is 1. The van der Waals surface area contributed by atoms with E-state index in [0.717, 1.165) is 21.6 Å². The van der Waals surface area contributed by atoms with Crippen molar-refractivity contribution in [1.82, 2.24) is 14.2 Å². The Balaban J connectivity index is 0.735. The van der Waals surface area contributed by atoms with Crippen LogP contribution in [0.1, 0.15) is 97.7 Å². The van der Waals surface area contributed by atoms with Crippen LogP contribution < -0.4 is 25.5 Å². The number of ether oxygens (including phenoxy) is 6. The van der Waals surface area contributed by atoms with E-state index in [9.17, 15) is 27.6 Å². The van der Waals surface area contributed by atoms with Crippen LogP contribution >= 0.6 is 0 Å². The van der Waals surface area contributed by atoms with Crippen molar-refractivity contribution < 1.29 is 56.3 Å². The molecule has 74 heavy (non-hydrogen) atoms. The summed E-state index contributed by atoms with van der Waals surface area (Å²) in [5.74, 6) is -0.571. The van der Waals surface area contributed by atoms with Gasteiger partial charge < -0.3 is 54.0 Å². The monoisotopic (exact) mass is 1040 g/mol. The van der Waals surface area contributed by atoms with Crippen molar-refractivity contribution in [2.45, 2.75) is 76.0 Å². The number of H-pyrrole nitrogens is 1. The maximum atomic E-state index is 13.6. The molecule has 1 aromatic heterocycles. The Morgan fingerprint density at radius 3 is 1.93 bits per heavy atom. The van der Waals surface area contributed by atoms with Gasteiger partial charge in [-0.3, -0.25) is 19.2 Å². The number of aromatic nitrogens is 1. The molecule has 2 aliphatic heterocycles. The Morgan fingerprint density at radius 2 is 1.32 bits per heavy atom. The quantitative estimate of drug-likeness (QED) is 0.0443. The van der Waals surface area contributed by atoms with Gasteiger partial charge >= 0.3 is 5.97 Å². The van der Waals surface area contributed by atoms with E-state index < -0.39 is 34.4 Å². The molecular formula is C55H69N5O13S. The Hall–Kier alpha value is -6.35. The number of anilines is 2. The third-order valence-corrected chi connectivity index (χ3v) is 14.7. The van der Waals surface area contributed by atoms with E-state index >= 15 is 0 Å². The van der Waals surface area contributed by atoms with Gasteiger partial charge in [0.05, 0.1) is 70.0 Å². The Morgan fingerprint density at radius 1 is 0.730 bits per heavy atom. The molecule has 18 nitrogen and oxygen atoms in total. The maximum absolute atomic E-state index is 13.6. The first-order valence-electron chi connectivity index (χ1n) is 25.0. The lowest BCUT2D eigenvalue weighted by Crippen LogP contribution is -2.43. The summed E-state index contributed by atoms with van der Waals surface area (Å²) in [6, 6.07) is 23.2. The fraction of sp³-hybridized carbons (Fsp3) is 0.455. The Kier molecular flexibility index (Phi) is 18.6. The van der Waals surface area contributed by atoms with Crippen LogP contribution in [0.5, 0.6) is 11.5 Å². The number of fused-ring (bicyclic) bond motifs is 2. The third kappa shape index (κ3) is 14.3. The summed E-state index contributed by atoms with van der Waals surface area (Å²) in [6.07, 6.45) is 2.76. The van der Waals surface area contributed by atoms with E-state index in [1.165, 1.54) is 28.7 Å². The first kappa shape index (κ1) is 55.4. The fourth-order valence-corrected chi connectivity index (χ4v) is 10.4. The summed E-state index contributed by atoms with van der Waals surface area (Å²) in [6.45, 7) is 16.6. The van der Waals surface area contributed by atoms with Gasteiger partial charge in [-0.1, -0.05) is 65.8 Å². The lowest BCUT2D eigenvalue weighted by molar-refractivity contribution is -0.137. The third-order valence-electron chi connectivity index (χ3n) is 12.9. The molecule has 0 radical (unpaired) electrons. The number of aliphatic carboxylic acids is 1. The highest BCUT2D eigenvalue weighted by atomic mass is 32.2. The summed E-state index contributed by atoms with van der Waals surface area (Å²) in [5, 5.41) is 15.5. The van der Waals surface area contributed by atoms with Gasteiger partial charge in [0.1, 0.15) is 36.8 Å². The normalized spacial score (nSPS) is 14.7. The van der Waals surface area contributed by atoms with Gasteiger partial charge in [0.25, 0.3) is 11.8 Å². The molecule has 2 amide bonds. The summed E-state index contributed by atoms with van der Waals surface area (Å²) >= 11 is 0. The lowest BCUT2D eigenvalue weighted by atomic mass is 9.79. The molecule has 398 valence electrons. The number of nitrogens with zero attached hydrogens (tertiary/aromatic N) is 2. The second-order valence-corrected chi connectivity index (χ2v) is 22.2. The maximum Gasteiger partial charge on any atom is 0.323 e. The van der Waals surface area contributed by atoms with Gasteiger partial charge in [-0.05, 0) is 94.8 Å². The number of carboxylic acids is 1. The van der Waals surface area contributed by atoms with E-state index in [0.29, 0.717) is 119 Å². The molecule has 4 aromatic carbocycles. The molecule has 1 fully saturated rings. The number of benzene rings is 4. The van der Waals surface area contributed by atoms with Gasteiger partial charge in [0.15, 0.2) is 0 Å². The number of piperidine rings is 1. The second-order valence-electron chi connectivity index (χ2n) is 20.3. The highest BCUT2D eigenvalue weighted by Gasteiger charge is 2.33. The minimum atomic E-state index is -3.80. The van der Waals surface area contributed by atoms with Crippen LogP contribution in [0, 0.1) is 0 Å². The number of nitrogens with one attached hydrogen (secondary N) is 3. The minimum absolute atomic E-state index is 0.0238. The van der Waals surface area contributed by atoms with Crippen LogP contribution in [0.2, 0.25) is 0 Å². The Labute approximate surface area is 432 Å². The predicted molar refractivity (Wildman–Crippen MR) is 281 cm³/mol. The first-order valence-corrected chi connectivity index (χ1v) is 26.4. The van der Waals surface area contributed by atoms with Crippen LogP contribution in [0.25, 0.3) is 10.9 Å². The van der Waals surface area contributed by atoms with Gasteiger partial charge in [-0.25, -0.2) is 8.42 Å². The van der Waals surface area contributed by atoms with Crippen LogP contribution in [0.15, 0.2) is 94.7 Å². The number of aromatic amines is 1. The van der Waals surface area contributed by atoms with E-state index in [-0.39, 0.29) is 51.5 Å². The zero-order valence-corrected chi connectivity index (χ0v) is 43.9. The number of carbonyl (C=O) groups is 3. The summed E-state index contributed by atoms with van der Waals surface area (Å²) in [4.78, 5) is 54.9. The van der Waals surface area contributed by atoms with Crippen molar-refractivity contribution in [2.75, 3.05) is 103 Å². The average Bonchev–Trinajstić information content (AvgIpc) is 3.36. The van der Waals surface area contributed by atoms with Gasteiger partial charge in [0.2, 0.25) is 15.5 Å². The van der Waals surface area contributed by atoms with Crippen LogP contribution in [0.4, 0.5) is 11.4 Å². The molecule has 0 saturated carbocycles. The van der Waals surface area contributed by atoms with E-state index in [1.807, 2.05) is 36.4 Å². The lowest BCUT2D eigenvalue weighted by Gasteiger charge is -2.32. The zero-order valence-electron chi connectivity index (χ0n) is 43.1. The Bertz CT molecular complexity index is 2920. The van der Waals surface area contributed by atoms with E-state index in [2.05, 4.69) is 63.2 Å². The van der Waals surface area contributed by atoms with E-state index in [1.54, 1.807) is 18.2 Å². The van der Waals surface area contributed by atoms with Crippen LogP contribution in [0.3, 0.4) is 0 Å². The topological polar surface area (TPSA) is 224 Å². The molecule has 4 N–H and O–H groups in total. The molecule has 0 unspecified atom stereocenters. The van der Waals surface area contributed by atoms with Gasteiger partial charge in [-0.2, -0.15) is 4.31 Å². The fourth-order valence-electron chi connectivity index (χ4n) is 8.87. The van der Waals surface area contributed by atoms with E-state index in [4.69, 9.17) is 33.5 Å². The minimum Gasteiger partial charge on any atom is -0.491 e. The highest BCUT2D eigenvalue weighted by Crippen LogP contribution is 2.41. The zero-order chi connectivity index (χ0) is 53.0. The number of pyridine rings is 1. The van der Waals surface area contributed by atoms with Crippen molar-refractivity contribution >= 4 is 50.1 Å². The number of amides is 2. The van der Waals surface area contributed by atoms with Crippen LogP contribution in [-0.2, 0) is 44.6 Å². The molecule has 0 bridgehead atoms. The summed E-state index contributed by atoms with van der Waals surface area (Å²) in [7, 11) is -3.80. The van der Waals surface area contributed by atoms with Gasteiger partial charge in [-0.15, -0.1) is 0 Å². The van der Waals surface area contributed by atoms with Gasteiger partial charge in [0, 0.05) is 47.6 Å². The number of rotatable bonds is 24. The number of carboxylic acid groups (broad SMARTS) is 1. The van der Waals surface area contributed by atoms with Crippen molar-refractivity contribution in [3.05, 3.63) is 123 Å². The molecule has 1 saturated heterocycles. The van der Waals surface area contributed by atoms with Crippen LogP contribution in [-0.4, -0.2) is 138 Å². The molecule has 0 spiro atoms. The first-order chi connectivity index (χ1) is 35.3. The predicted octanol–water partition coefficient (Wildman–Crippen LogP) is 7.38. The number of hydrogen-bond donors (Lipinski definition) is 4. The number of para-hydroxylation sites is 1. The standard InChI is InChI=1S/C55H69N5O13S/c1-54(2,3)44-32-45(55(4,5)6)49(33-48(44)58-52(64)43-34-56-46-10-8-7-9-41(46)51(43)63)73-30-28-71-26-24-69-22-21-68-23-25-70-27-29-72-39-13-11-37(12-14-39)38-17-19-60(20-18-38)74(66,67)40-15-16-42-47(31-40)57-36-59(53(42)65)35-50(61)62/h7-16,31-34,38,57H,17-30,35-36H2,1-6H3,(H,56,63)(H,58,64)(H,61,62). The second kappa shape index (κ2) is 24.8. The molecule has 2 aliphatic rings. The smallest absolute Gasteiger partial charge is 0.323 e. The highest BCUT2D eigenvalue weighted by molar-refractivity contribution is 7.89. The number of hydrogen-bond acceptors (Lipinski definition) is 13. The van der Waals surface area contributed by atoms with Crippen molar-refractivity contribution in [2.24, 2.45) is 0 Å². The molecule has 19 heteroatoms. The molecule has 0 atom stereocenters. The van der Waals surface area contributed by atoms with Crippen molar-refractivity contribution in [3.63, 3.8) is 0 Å². The SMILES string of the molecule is CC(C)(C)c1cc(C(C)(C)C)c(OCCOCCOCCOCCOCCOc2ccc(C3CCN(S(=O)(=O)c4ccc5c(c4)NCN(CC(=O)O)C5=O)CC3)cc2)cc1NC(=O)c1c[nH]c2ccccc2c1=O. The molecule has 7 rings (SSSR count). The van der Waals surface area contributed by atoms with Crippen molar-refractivity contribution in [1.29, 1.82) is 0 Å². The molecule has 3 heterocycles. The average molecular weight is 1040 g/mol. The molecule has 5 aromatic rings.